The van der Waals surface area contributed by atoms with Gasteiger partial charge in [-0.25, -0.2) is 21.1 Å². The van der Waals surface area contributed by atoms with Gasteiger partial charge >= 0.3 is 0 Å². The normalized spacial score (nSPS) is 19.4. The van der Waals surface area contributed by atoms with Crippen molar-refractivity contribution in [3.8, 4) is 11.3 Å². The number of carbonyl (C=O) groups is 1. The van der Waals surface area contributed by atoms with Crippen molar-refractivity contribution in [2.75, 3.05) is 37.7 Å². The molecule has 1 atom stereocenters. The van der Waals surface area contributed by atoms with Crippen LogP contribution in [0.3, 0.4) is 0 Å². The van der Waals surface area contributed by atoms with Crippen molar-refractivity contribution < 1.29 is 26.0 Å². The average Bonchev–Trinajstić information content (AvgIpc) is 3.34. The minimum absolute atomic E-state index is 0.249. The predicted molar refractivity (Wildman–Crippen MR) is 162 cm³/mol. The Bertz CT molecular complexity index is 1660. The average molecular weight is 602 g/mol. The third kappa shape index (κ3) is 5.76. The number of carbonyl (C=O) groups excluding carboxylic acids is 1. The number of sulfonamides is 2. The first-order chi connectivity index (χ1) is 19.4. The molecule has 2 fully saturated rings. The van der Waals surface area contributed by atoms with E-state index in [0.29, 0.717) is 65.8 Å². The molecule has 1 saturated carbocycles. The summed E-state index contributed by atoms with van der Waals surface area (Å²) >= 11 is 0. The van der Waals surface area contributed by atoms with E-state index in [-0.39, 0.29) is 23.6 Å². The van der Waals surface area contributed by atoms with Gasteiger partial charge in [-0.2, -0.15) is 0 Å². The molecule has 3 aromatic rings. The lowest BCUT2D eigenvalue weighted by Gasteiger charge is -2.36. The number of benzene rings is 2. The summed E-state index contributed by atoms with van der Waals surface area (Å²) in [5.74, 6) is -0.171. The minimum atomic E-state index is -3.65. The van der Waals surface area contributed by atoms with Crippen LogP contribution in [-0.2, 0) is 20.0 Å². The van der Waals surface area contributed by atoms with Gasteiger partial charge in [0, 0.05) is 44.2 Å². The van der Waals surface area contributed by atoms with Gasteiger partial charge in [0.2, 0.25) is 20.0 Å². The number of amides is 1. The number of anilines is 1. The summed E-state index contributed by atoms with van der Waals surface area (Å²) in [5.41, 5.74) is 3.66. The van der Waals surface area contributed by atoms with Crippen LogP contribution in [0.15, 0.2) is 40.8 Å². The molecule has 1 aromatic heterocycles. The summed E-state index contributed by atoms with van der Waals surface area (Å²) in [6.07, 6.45) is 6.79. The Labute approximate surface area is 243 Å². The number of rotatable bonds is 7. The number of nitrogens with zero attached hydrogens (tertiary/aromatic N) is 2. The molecule has 2 aliphatic rings. The molecule has 0 unspecified atom stereocenters. The highest BCUT2D eigenvalue weighted by Crippen LogP contribution is 2.42. The number of furan rings is 1. The Balaban J connectivity index is 1.65. The van der Waals surface area contributed by atoms with Crippen molar-refractivity contribution in [2.45, 2.75) is 63.0 Å². The van der Waals surface area contributed by atoms with Gasteiger partial charge in [-0.3, -0.25) is 9.10 Å². The summed E-state index contributed by atoms with van der Waals surface area (Å²) in [7, 11) is -4.07. The zero-order valence-electron chi connectivity index (χ0n) is 24.1. The van der Waals surface area contributed by atoms with Gasteiger partial charge in [0.25, 0.3) is 5.91 Å². The van der Waals surface area contributed by atoms with E-state index in [1.807, 2.05) is 37.3 Å². The van der Waals surface area contributed by atoms with E-state index in [1.54, 1.807) is 17.4 Å². The summed E-state index contributed by atoms with van der Waals surface area (Å²) in [6, 6.07) is 11.2. The van der Waals surface area contributed by atoms with Crippen molar-refractivity contribution >= 4 is 42.6 Å². The number of aryl methyl sites for hydroxylation is 1. The lowest BCUT2D eigenvalue weighted by Crippen LogP contribution is -2.44. The second-order valence-electron chi connectivity index (χ2n) is 11.4. The van der Waals surface area contributed by atoms with Gasteiger partial charge in [0.15, 0.2) is 0 Å². The van der Waals surface area contributed by atoms with E-state index in [2.05, 4.69) is 5.32 Å². The maximum absolute atomic E-state index is 13.6. The van der Waals surface area contributed by atoms with Crippen LogP contribution in [0.1, 0.15) is 72.3 Å². The van der Waals surface area contributed by atoms with E-state index < -0.39 is 20.0 Å². The molecule has 222 valence electrons. The Morgan fingerprint density at radius 3 is 2.32 bits per heavy atom. The molecule has 0 spiro atoms. The van der Waals surface area contributed by atoms with Gasteiger partial charge in [0.1, 0.15) is 11.3 Å². The predicted octanol–water partition coefficient (Wildman–Crippen LogP) is 5.01. The van der Waals surface area contributed by atoms with Crippen molar-refractivity contribution in [3.05, 3.63) is 53.1 Å². The number of hydrogen-bond donors (Lipinski definition) is 1. The summed E-state index contributed by atoms with van der Waals surface area (Å²) < 4.78 is 61.8. The quantitative estimate of drug-likeness (QED) is 0.407. The molecule has 11 heteroatoms. The Hall–Kier alpha value is -2.89. The molecule has 1 saturated heterocycles. The van der Waals surface area contributed by atoms with E-state index in [1.165, 1.54) is 11.4 Å². The molecule has 1 aliphatic heterocycles. The molecule has 2 heterocycles. The largest absolute Gasteiger partial charge is 0.455 e. The molecular formula is C30H39N3O6S2. The number of fused-ring (bicyclic) bond motifs is 1. The highest BCUT2D eigenvalue weighted by molar-refractivity contribution is 7.92. The van der Waals surface area contributed by atoms with E-state index in [0.717, 1.165) is 36.6 Å². The van der Waals surface area contributed by atoms with Crippen LogP contribution >= 0.6 is 0 Å². The third-order valence-electron chi connectivity index (χ3n) is 8.60. The van der Waals surface area contributed by atoms with Crippen LogP contribution in [0.25, 0.3) is 22.3 Å². The third-order valence-corrected chi connectivity index (χ3v) is 12.2. The molecule has 0 radical (unpaired) electrons. The molecule has 1 N–H and O–H groups in total. The van der Waals surface area contributed by atoms with Crippen LogP contribution in [0.4, 0.5) is 5.69 Å². The number of piperidine rings is 1. The number of hydrogen-bond acceptors (Lipinski definition) is 6. The van der Waals surface area contributed by atoms with Crippen molar-refractivity contribution in [2.24, 2.45) is 0 Å². The maximum atomic E-state index is 13.6. The van der Waals surface area contributed by atoms with E-state index in [4.69, 9.17) is 4.42 Å². The highest BCUT2D eigenvalue weighted by atomic mass is 32.2. The fourth-order valence-corrected chi connectivity index (χ4v) is 8.82. The second-order valence-corrected chi connectivity index (χ2v) is 15.6. The van der Waals surface area contributed by atoms with Crippen molar-refractivity contribution in [3.63, 3.8) is 0 Å². The lowest BCUT2D eigenvalue weighted by molar-refractivity contribution is 0.0964. The molecule has 0 bridgehead atoms. The Kier molecular flexibility index (Phi) is 8.24. The molecule has 9 nitrogen and oxygen atoms in total. The summed E-state index contributed by atoms with van der Waals surface area (Å²) in [4.78, 5) is 13.2. The molecule has 41 heavy (non-hydrogen) atoms. The number of nitrogens with one attached hydrogen (secondary N) is 1. The molecule has 5 rings (SSSR count). The topological polar surface area (TPSA) is 117 Å². The Morgan fingerprint density at radius 2 is 1.68 bits per heavy atom. The van der Waals surface area contributed by atoms with Crippen LogP contribution < -0.4 is 9.62 Å². The first-order valence-electron chi connectivity index (χ1n) is 14.2. The lowest BCUT2D eigenvalue weighted by atomic mass is 9.89. The smallest absolute Gasteiger partial charge is 0.255 e. The SMILES string of the molecule is CNC(=O)c1c(-c2ccc(C)cc2)oc2cc(N(C)S(C)(=O)=O)c([C@@H]3CCCN(S(=O)(=O)C4CCCCC4)C3)cc12. The minimum Gasteiger partial charge on any atom is -0.455 e. The van der Waals surface area contributed by atoms with Crippen LogP contribution in [0, 0.1) is 6.92 Å². The second kappa shape index (κ2) is 11.4. The van der Waals surface area contributed by atoms with Crippen LogP contribution in [0.5, 0.6) is 0 Å². The van der Waals surface area contributed by atoms with E-state index in [9.17, 15) is 21.6 Å². The van der Waals surface area contributed by atoms with Gasteiger partial charge < -0.3 is 9.73 Å². The standard InChI is InChI=1S/C30H39N3O6S2/c1-20-12-14-21(15-13-20)29-28(30(34)31-2)25-17-24(26(18-27(25)39-29)32(3)40(4,35)36)22-9-8-16-33(19-22)41(37,38)23-10-6-5-7-11-23/h12-15,17-18,22-23H,5-11,16,19H2,1-4H3,(H,31,34)/t22-/m1/s1. The fourth-order valence-electron chi connectivity index (χ4n) is 6.19. The monoisotopic (exact) mass is 601 g/mol. The Morgan fingerprint density at radius 1 is 1.00 bits per heavy atom. The molecule has 1 aliphatic carbocycles. The van der Waals surface area contributed by atoms with E-state index >= 15 is 0 Å². The highest BCUT2D eigenvalue weighted by Gasteiger charge is 2.37. The maximum Gasteiger partial charge on any atom is 0.255 e. The van der Waals surface area contributed by atoms with Crippen LogP contribution in [0.2, 0.25) is 0 Å². The molecule has 2 aromatic carbocycles. The van der Waals surface area contributed by atoms with Gasteiger partial charge in [-0.15, -0.1) is 0 Å². The summed E-state index contributed by atoms with van der Waals surface area (Å²) in [5, 5.41) is 2.92. The zero-order valence-corrected chi connectivity index (χ0v) is 25.8. The summed E-state index contributed by atoms with van der Waals surface area (Å²) in [6.45, 7) is 2.71. The van der Waals surface area contributed by atoms with Gasteiger partial charge in [-0.05, 0) is 50.2 Å². The molecular weight excluding hydrogens is 562 g/mol. The van der Waals surface area contributed by atoms with Crippen molar-refractivity contribution in [1.82, 2.24) is 9.62 Å². The van der Waals surface area contributed by atoms with Gasteiger partial charge in [-0.1, -0.05) is 49.1 Å². The van der Waals surface area contributed by atoms with Crippen molar-refractivity contribution in [1.29, 1.82) is 0 Å². The first kappa shape index (κ1) is 29.6. The van der Waals surface area contributed by atoms with Gasteiger partial charge in [0.05, 0.1) is 22.8 Å². The first-order valence-corrected chi connectivity index (χ1v) is 17.6. The molecule has 1 amide bonds. The fraction of sp³-hybridized carbons (Fsp3) is 0.500. The van der Waals surface area contributed by atoms with Crippen LogP contribution in [-0.4, -0.2) is 65.7 Å². The zero-order chi connectivity index (χ0) is 29.5.